The highest BCUT2D eigenvalue weighted by molar-refractivity contribution is 5.96. The van der Waals surface area contributed by atoms with Crippen molar-refractivity contribution in [2.45, 2.75) is 19.3 Å². The van der Waals surface area contributed by atoms with Crippen LogP contribution < -0.4 is 0 Å². The first-order valence-electron chi connectivity index (χ1n) is 10.5. The van der Waals surface area contributed by atoms with E-state index in [1.165, 1.54) is 60.5 Å². The fourth-order valence-corrected chi connectivity index (χ4v) is 5.68. The van der Waals surface area contributed by atoms with Crippen molar-refractivity contribution in [2.75, 3.05) is 0 Å². The molecule has 0 heterocycles. The van der Waals surface area contributed by atoms with Gasteiger partial charge in [0, 0.05) is 0 Å². The fourth-order valence-electron chi connectivity index (χ4n) is 5.68. The van der Waals surface area contributed by atoms with E-state index in [1.54, 1.807) is 5.56 Å². The Balaban J connectivity index is 1.46. The van der Waals surface area contributed by atoms with Crippen LogP contribution in [0.5, 0.6) is 0 Å². The zero-order chi connectivity index (χ0) is 18.9. The summed E-state index contributed by atoms with van der Waals surface area (Å²) in [6.07, 6.45) is 3.15. The molecular weight excluding hydrogens is 348 g/mol. The fraction of sp³-hybridized carbons (Fsp3) is 0.103. The molecule has 0 aliphatic heterocycles. The highest BCUT2D eigenvalue weighted by Crippen LogP contribution is 2.46. The Hall–Kier alpha value is -3.38. The smallest absolute Gasteiger partial charge is 0.000718 e. The zero-order valence-corrected chi connectivity index (χ0v) is 16.2. The van der Waals surface area contributed by atoms with Crippen LogP contribution in [-0.2, 0) is 19.3 Å². The second kappa shape index (κ2) is 5.58. The maximum atomic E-state index is 2.40. The predicted octanol–water partition coefficient (Wildman–Crippen LogP) is 7.06. The quantitative estimate of drug-likeness (QED) is 0.269. The van der Waals surface area contributed by atoms with Crippen LogP contribution in [0.25, 0.3) is 32.7 Å². The molecule has 2 aliphatic carbocycles. The van der Waals surface area contributed by atoms with E-state index in [2.05, 4.69) is 84.9 Å². The lowest BCUT2D eigenvalue weighted by atomic mass is 9.80. The Morgan fingerprint density at radius 3 is 1.79 bits per heavy atom. The molecule has 0 aromatic heterocycles. The number of benzene rings is 5. The molecule has 0 saturated carbocycles. The van der Waals surface area contributed by atoms with Crippen LogP contribution in [0.1, 0.15) is 33.4 Å². The topological polar surface area (TPSA) is 0 Å². The maximum Gasteiger partial charge on any atom is -0.000718 e. The largest absolute Gasteiger partial charge is 0.0616 e. The van der Waals surface area contributed by atoms with E-state index in [4.69, 9.17) is 0 Å². The molecule has 0 atom stereocenters. The molecule has 0 heteroatoms. The highest BCUT2D eigenvalue weighted by Gasteiger charge is 2.27. The van der Waals surface area contributed by atoms with Crippen molar-refractivity contribution >= 4 is 21.5 Å². The minimum Gasteiger partial charge on any atom is -0.0616 e. The van der Waals surface area contributed by atoms with Crippen molar-refractivity contribution in [3.63, 3.8) is 0 Å². The summed E-state index contributed by atoms with van der Waals surface area (Å²) in [5, 5.41) is 5.54. The lowest BCUT2D eigenvalue weighted by Crippen LogP contribution is -2.09. The van der Waals surface area contributed by atoms with Gasteiger partial charge in [-0.05, 0) is 85.3 Å². The maximum absolute atomic E-state index is 2.40. The van der Waals surface area contributed by atoms with E-state index >= 15 is 0 Å². The molecule has 0 bridgehead atoms. The molecule has 0 fully saturated rings. The van der Waals surface area contributed by atoms with E-state index in [-0.39, 0.29) is 0 Å². The van der Waals surface area contributed by atoms with Crippen LogP contribution in [0.4, 0.5) is 0 Å². The molecule has 7 rings (SSSR count). The van der Waals surface area contributed by atoms with E-state index in [0.29, 0.717) is 0 Å². The second-order valence-electron chi connectivity index (χ2n) is 8.50. The van der Waals surface area contributed by atoms with Gasteiger partial charge in [-0.25, -0.2) is 0 Å². The first-order valence-corrected chi connectivity index (χ1v) is 10.5. The predicted molar refractivity (Wildman–Crippen MR) is 122 cm³/mol. The molecule has 0 amide bonds. The summed E-state index contributed by atoms with van der Waals surface area (Å²) in [5.41, 5.74) is 12.1. The van der Waals surface area contributed by atoms with Gasteiger partial charge in [-0.15, -0.1) is 0 Å². The third-order valence-corrected chi connectivity index (χ3v) is 7.05. The van der Waals surface area contributed by atoms with E-state index < -0.39 is 0 Å². The molecule has 5 aromatic carbocycles. The summed E-state index contributed by atoms with van der Waals surface area (Å²) >= 11 is 0. The van der Waals surface area contributed by atoms with Gasteiger partial charge in [-0.3, -0.25) is 0 Å². The van der Waals surface area contributed by atoms with Gasteiger partial charge in [-0.1, -0.05) is 84.9 Å². The minimum absolute atomic E-state index is 1.04. The molecule has 5 aromatic rings. The van der Waals surface area contributed by atoms with Gasteiger partial charge in [0.2, 0.25) is 0 Å². The van der Waals surface area contributed by atoms with Gasteiger partial charge in [0.1, 0.15) is 0 Å². The Morgan fingerprint density at radius 1 is 0.414 bits per heavy atom. The molecule has 0 unspecified atom stereocenters. The van der Waals surface area contributed by atoms with Crippen molar-refractivity contribution in [3.05, 3.63) is 118 Å². The molecule has 0 nitrogen and oxygen atoms in total. The first-order chi connectivity index (χ1) is 14.4. The van der Waals surface area contributed by atoms with Crippen LogP contribution in [0.2, 0.25) is 0 Å². The van der Waals surface area contributed by atoms with Crippen molar-refractivity contribution in [3.8, 4) is 11.1 Å². The molecule has 29 heavy (non-hydrogen) atoms. The van der Waals surface area contributed by atoms with E-state index in [0.717, 1.165) is 19.3 Å². The standard InChI is InChI=1S/C29H20/c1-3-7-23-18(5-1)9-10-20-16-27-21(15-26(20)23)11-12-22-17-28-24-8-4-2-6-19(24)13-14-25(28)29(22)27/h1-14H,15-17H2. The highest BCUT2D eigenvalue weighted by atomic mass is 14.3. The van der Waals surface area contributed by atoms with Gasteiger partial charge in [0.15, 0.2) is 0 Å². The van der Waals surface area contributed by atoms with Crippen molar-refractivity contribution in [2.24, 2.45) is 0 Å². The Morgan fingerprint density at radius 2 is 0.966 bits per heavy atom. The van der Waals surface area contributed by atoms with Crippen LogP contribution in [0.15, 0.2) is 84.9 Å². The normalized spacial score (nSPS) is 13.8. The molecule has 2 aliphatic rings. The molecule has 0 saturated heterocycles. The van der Waals surface area contributed by atoms with Gasteiger partial charge in [0.25, 0.3) is 0 Å². The first kappa shape index (κ1) is 15.5. The van der Waals surface area contributed by atoms with Crippen molar-refractivity contribution in [1.29, 1.82) is 0 Å². The Bertz CT molecular complexity index is 1470. The van der Waals surface area contributed by atoms with Crippen LogP contribution in [0, 0.1) is 0 Å². The van der Waals surface area contributed by atoms with E-state index in [1.807, 2.05) is 0 Å². The monoisotopic (exact) mass is 368 g/mol. The summed E-state index contributed by atoms with van der Waals surface area (Å²) in [6, 6.07) is 31.7. The number of hydrogen-bond donors (Lipinski definition) is 0. The summed E-state index contributed by atoms with van der Waals surface area (Å²) in [6.45, 7) is 0. The summed E-state index contributed by atoms with van der Waals surface area (Å²) < 4.78 is 0. The molecule has 0 spiro atoms. The molecule has 0 radical (unpaired) electrons. The average Bonchev–Trinajstić information content (AvgIpc) is 3.17. The third-order valence-electron chi connectivity index (χ3n) is 7.05. The SMILES string of the molecule is c1ccc2c3c(ccc2c1)Cc1c(ccc2c1-c1ccc4ccccc4c1C2)C3. The van der Waals surface area contributed by atoms with Crippen LogP contribution >= 0.6 is 0 Å². The summed E-state index contributed by atoms with van der Waals surface area (Å²) in [7, 11) is 0. The number of fused-ring (bicyclic) bond motifs is 10. The minimum atomic E-state index is 1.04. The summed E-state index contributed by atoms with van der Waals surface area (Å²) in [5.74, 6) is 0. The number of hydrogen-bond acceptors (Lipinski definition) is 0. The van der Waals surface area contributed by atoms with Crippen molar-refractivity contribution < 1.29 is 0 Å². The zero-order valence-electron chi connectivity index (χ0n) is 16.2. The van der Waals surface area contributed by atoms with Gasteiger partial charge in [0.05, 0.1) is 0 Å². The molecule has 136 valence electrons. The van der Waals surface area contributed by atoms with Gasteiger partial charge >= 0.3 is 0 Å². The lowest BCUT2D eigenvalue weighted by molar-refractivity contribution is 1.01. The van der Waals surface area contributed by atoms with Crippen LogP contribution in [0.3, 0.4) is 0 Å². The Labute approximate surface area is 170 Å². The van der Waals surface area contributed by atoms with Gasteiger partial charge < -0.3 is 0 Å². The molecular formula is C29H20. The average molecular weight is 368 g/mol. The van der Waals surface area contributed by atoms with Crippen LogP contribution in [-0.4, -0.2) is 0 Å². The van der Waals surface area contributed by atoms with E-state index in [9.17, 15) is 0 Å². The van der Waals surface area contributed by atoms with Gasteiger partial charge in [-0.2, -0.15) is 0 Å². The molecule has 0 N–H and O–H groups in total. The van der Waals surface area contributed by atoms with Crippen molar-refractivity contribution in [1.82, 2.24) is 0 Å². The summed E-state index contributed by atoms with van der Waals surface area (Å²) in [4.78, 5) is 0. The second-order valence-corrected chi connectivity index (χ2v) is 8.50. The third kappa shape index (κ3) is 2.09. The number of rotatable bonds is 0. The lowest BCUT2D eigenvalue weighted by Gasteiger charge is -2.24. The Kier molecular flexibility index (Phi) is 2.99.